The quantitative estimate of drug-likeness (QED) is 0.439. The maximum Gasteiger partial charge on any atom is 0.190 e. The summed E-state index contributed by atoms with van der Waals surface area (Å²) >= 11 is 0. The number of allylic oxidation sites excluding steroid dienone is 1. The van der Waals surface area contributed by atoms with E-state index in [4.69, 9.17) is 0 Å². The van der Waals surface area contributed by atoms with Gasteiger partial charge in [-0.15, -0.1) is 0 Å². The third kappa shape index (κ3) is 3.12. The van der Waals surface area contributed by atoms with E-state index in [1.165, 1.54) is 0 Å². The molecule has 0 radical (unpaired) electrons. The smallest absolute Gasteiger partial charge is 0.190 e. The van der Waals surface area contributed by atoms with Gasteiger partial charge in [0.05, 0.1) is 6.10 Å². The van der Waals surface area contributed by atoms with Crippen molar-refractivity contribution < 1.29 is 29.7 Å². The highest BCUT2D eigenvalue weighted by Crippen LogP contribution is 2.68. The third-order valence-electron chi connectivity index (χ3n) is 9.85. The monoisotopic (exact) mass is 432 g/mol. The van der Waals surface area contributed by atoms with Crippen LogP contribution in [0.4, 0.5) is 0 Å². The van der Waals surface area contributed by atoms with Crippen molar-refractivity contribution >= 4 is 17.9 Å². The average Bonchev–Trinajstić information content (AvgIpc) is 2.99. The maximum atomic E-state index is 12.5. The first-order valence-electron chi connectivity index (χ1n) is 11.9. The molecule has 1 unspecified atom stereocenters. The van der Waals surface area contributed by atoms with Gasteiger partial charge in [0.1, 0.15) is 18.5 Å². The van der Waals surface area contributed by atoms with Gasteiger partial charge in [-0.25, -0.2) is 0 Å². The predicted molar refractivity (Wildman–Crippen MR) is 114 cm³/mol. The van der Waals surface area contributed by atoms with Gasteiger partial charge in [-0.2, -0.15) is 0 Å². The highest BCUT2D eigenvalue weighted by atomic mass is 16.3. The fraction of sp³-hybridized carbons (Fsp3) is 0.800. The van der Waals surface area contributed by atoms with Crippen molar-refractivity contribution in [2.24, 2.45) is 34.5 Å². The van der Waals surface area contributed by atoms with E-state index >= 15 is 0 Å². The molecule has 3 fully saturated rings. The molecule has 6 heteroatoms. The highest BCUT2D eigenvalue weighted by Gasteiger charge is 2.68. The van der Waals surface area contributed by atoms with Crippen molar-refractivity contribution in [1.82, 2.24) is 0 Å². The molecular weight excluding hydrogens is 396 g/mol. The number of hydrogen-bond donors (Lipinski definition) is 3. The fourth-order valence-electron chi connectivity index (χ4n) is 8.32. The molecule has 4 aliphatic rings. The summed E-state index contributed by atoms with van der Waals surface area (Å²) < 4.78 is 0. The lowest BCUT2D eigenvalue weighted by Gasteiger charge is -2.62. The Bertz CT molecular complexity index is 804. The van der Waals surface area contributed by atoms with Gasteiger partial charge in [0.25, 0.3) is 0 Å². The molecule has 0 amide bonds. The van der Waals surface area contributed by atoms with E-state index in [1.54, 1.807) is 6.08 Å². The summed E-state index contributed by atoms with van der Waals surface area (Å²) in [5.74, 6) is -0.106. The van der Waals surface area contributed by atoms with Crippen LogP contribution < -0.4 is 0 Å². The van der Waals surface area contributed by atoms with Gasteiger partial charge >= 0.3 is 0 Å². The molecule has 3 N–H and O–H groups in total. The molecule has 31 heavy (non-hydrogen) atoms. The topological polar surface area (TPSA) is 112 Å². The van der Waals surface area contributed by atoms with Crippen LogP contribution in [0, 0.1) is 34.5 Å². The molecule has 172 valence electrons. The molecule has 0 spiro atoms. The van der Waals surface area contributed by atoms with Gasteiger partial charge in [-0.3, -0.25) is 9.59 Å². The molecule has 6 nitrogen and oxygen atoms in total. The Balaban J connectivity index is 1.72. The summed E-state index contributed by atoms with van der Waals surface area (Å²) in [4.78, 5) is 35.9. The molecule has 0 heterocycles. The molecule has 0 aromatic carbocycles. The van der Waals surface area contributed by atoms with Crippen molar-refractivity contribution in [3.63, 3.8) is 0 Å². The normalized spacial score (nSPS) is 46.5. The first-order chi connectivity index (χ1) is 14.6. The van der Waals surface area contributed by atoms with E-state index in [0.717, 1.165) is 37.5 Å². The zero-order valence-corrected chi connectivity index (χ0v) is 18.7. The Kier molecular flexibility index (Phi) is 5.81. The number of carbonyl (C=O) groups is 3. The Labute approximate surface area is 184 Å². The minimum Gasteiger partial charge on any atom is -0.393 e. The maximum absolute atomic E-state index is 12.5. The SMILES string of the molecule is C[C@]12C[C@H](O)[C@H]3[C@@H](CCC4=CC(=O)CC(CCCC=O)[C@@]43C)[C@@H]1CC[C@]2(O)C(=O)CO. The van der Waals surface area contributed by atoms with E-state index in [-0.39, 0.29) is 34.9 Å². The minimum atomic E-state index is -1.60. The van der Waals surface area contributed by atoms with Crippen LogP contribution in [0.1, 0.15) is 71.6 Å². The molecule has 0 bridgehead atoms. The summed E-state index contributed by atoms with van der Waals surface area (Å²) in [6.45, 7) is 3.42. The molecule has 3 saturated carbocycles. The van der Waals surface area contributed by atoms with Gasteiger partial charge in [-0.1, -0.05) is 19.4 Å². The molecule has 0 aliphatic heterocycles. The Hall–Kier alpha value is -1.37. The summed E-state index contributed by atoms with van der Waals surface area (Å²) in [5, 5.41) is 32.3. The van der Waals surface area contributed by atoms with Crippen molar-refractivity contribution in [3.8, 4) is 0 Å². The van der Waals surface area contributed by atoms with Crippen LogP contribution in [-0.2, 0) is 14.4 Å². The second-order valence-corrected chi connectivity index (χ2v) is 10.9. The van der Waals surface area contributed by atoms with E-state index in [0.29, 0.717) is 32.1 Å². The van der Waals surface area contributed by atoms with Crippen LogP contribution in [0.25, 0.3) is 0 Å². The second-order valence-electron chi connectivity index (χ2n) is 10.9. The molecule has 4 rings (SSSR count). The number of aldehydes is 1. The number of ketones is 2. The third-order valence-corrected chi connectivity index (χ3v) is 9.85. The second kappa shape index (κ2) is 7.89. The van der Waals surface area contributed by atoms with E-state index < -0.39 is 29.5 Å². The molecular formula is C25H36O6. The average molecular weight is 433 g/mol. The van der Waals surface area contributed by atoms with E-state index in [9.17, 15) is 29.7 Å². The van der Waals surface area contributed by atoms with E-state index in [1.807, 2.05) is 6.92 Å². The Morgan fingerprint density at radius 1 is 1.29 bits per heavy atom. The first kappa shape index (κ1) is 22.8. The van der Waals surface area contributed by atoms with Gasteiger partial charge in [-0.05, 0) is 80.1 Å². The van der Waals surface area contributed by atoms with Gasteiger partial charge in [0.15, 0.2) is 11.6 Å². The summed E-state index contributed by atoms with van der Waals surface area (Å²) in [7, 11) is 0. The number of aliphatic hydroxyl groups excluding tert-OH is 2. The number of unbranched alkanes of at least 4 members (excludes halogenated alkanes) is 1. The summed E-state index contributed by atoms with van der Waals surface area (Å²) in [6, 6.07) is 0. The zero-order chi connectivity index (χ0) is 22.6. The summed E-state index contributed by atoms with van der Waals surface area (Å²) in [6.07, 6.45) is 7.45. The largest absolute Gasteiger partial charge is 0.393 e. The Morgan fingerprint density at radius 3 is 2.71 bits per heavy atom. The lowest BCUT2D eigenvalue weighted by molar-refractivity contribution is -0.186. The standard InChI is InChI=1S/C25H36O6/c1-23-13-20(29)22-18(19(23)8-9-25(23,31)21(30)14-27)7-6-16-12-17(28)11-15(24(16,22)2)5-3-4-10-26/h10,12,15,18-20,22,27,29,31H,3-9,11,13-14H2,1-2H3/t15?,18-,19-,20-,22+,23-,24-,25-/m0/s1. The van der Waals surface area contributed by atoms with Gasteiger partial charge in [0, 0.05) is 18.3 Å². The van der Waals surface area contributed by atoms with Crippen molar-refractivity contribution in [1.29, 1.82) is 0 Å². The Morgan fingerprint density at radius 2 is 2.03 bits per heavy atom. The van der Waals surface area contributed by atoms with Crippen LogP contribution in [-0.4, -0.2) is 51.5 Å². The molecule has 0 aromatic heterocycles. The van der Waals surface area contributed by atoms with Crippen LogP contribution in [0.2, 0.25) is 0 Å². The predicted octanol–water partition coefficient (Wildman–Crippen LogP) is 2.38. The molecule has 0 aromatic rings. The lowest BCUT2D eigenvalue weighted by Crippen LogP contribution is -2.63. The number of carbonyl (C=O) groups excluding carboxylic acids is 3. The van der Waals surface area contributed by atoms with Crippen molar-refractivity contribution in [3.05, 3.63) is 11.6 Å². The number of Topliss-reactive ketones (excluding diaryl/α,β-unsaturated/α-hetero) is 1. The molecule has 8 atom stereocenters. The van der Waals surface area contributed by atoms with Gasteiger partial charge < -0.3 is 20.1 Å². The number of fused-ring (bicyclic) bond motifs is 5. The lowest BCUT2D eigenvalue weighted by atomic mass is 9.43. The number of aliphatic hydroxyl groups is 3. The van der Waals surface area contributed by atoms with Crippen LogP contribution in [0.15, 0.2) is 11.6 Å². The zero-order valence-electron chi connectivity index (χ0n) is 18.7. The molecule has 4 aliphatic carbocycles. The highest BCUT2D eigenvalue weighted by molar-refractivity contribution is 5.92. The van der Waals surface area contributed by atoms with Crippen molar-refractivity contribution in [2.75, 3.05) is 6.61 Å². The van der Waals surface area contributed by atoms with Gasteiger partial charge in [0.2, 0.25) is 0 Å². The van der Waals surface area contributed by atoms with Crippen LogP contribution in [0.3, 0.4) is 0 Å². The minimum absolute atomic E-state index is 0.0357. The summed E-state index contributed by atoms with van der Waals surface area (Å²) in [5.41, 5.74) is -1.55. The van der Waals surface area contributed by atoms with E-state index in [2.05, 4.69) is 6.92 Å². The first-order valence-corrected chi connectivity index (χ1v) is 11.9. The molecule has 0 saturated heterocycles. The number of rotatable bonds is 6. The number of hydrogen-bond acceptors (Lipinski definition) is 6. The fourth-order valence-corrected chi connectivity index (χ4v) is 8.32. The van der Waals surface area contributed by atoms with Crippen molar-refractivity contribution in [2.45, 2.75) is 83.3 Å². The van der Waals surface area contributed by atoms with Crippen LogP contribution in [0.5, 0.6) is 0 Å². The van der Waals surface area contributed by atoms with Crippen LogP contribution >= 0.6 is 0 Å².